The van der Waals surface area contributed by atoms with Crippen molar-refractivity contribution in [2.45, 2.75) is 56.9 Å². The predicted molar refractivity (Wildman–Crippen MR) is 72.1 cm³/mol. The Labute approximate surface area is 118 Å². The molecule has 4 aliphatic rings. The van der Waals surface area contributed by atoms with Crippen LogP contribution in [-0.4, -0.2) is 26.1 Å². The molecule has 4 saturated carbocycles. The second-order valence-corrected chi connectivity index (χ2v) is 7.17. The fourth-order valence-corrected chi connectivity index (χ4v) is 5.27. The first-order valence-electron chi connectivity index (χ1n) is 7.75. The number of hydrogen-bond acceptors (Lipinski definition) is 3. The minimum atomic E-state index is -0.793. The fourth-order valence-electron chi connectivity index (χ4n) is 5.27. The zero-order valence-corrected chi connectivity index (χ0v) is 11.7. The van der Waals surface area contributed by atoms with E-state index in [1.807, 2.05) is 6.20 Å². The van der Waals surface area contributed by atoms with Crippen molar-refractivity contribution in [3.8, 4) is 0 Å². The van der Waals surface area contributed by atoms with E-state index >= 15 is 0 Å². The highest BCUT2D eigenvalue weighted by Gasteiger charge is 2.52. The molecule has 0 aliphatic heterocycles. The first-order valence-corrected chi connectivity index (χ1v) is 7.75. The normalized spacial score (nSPS) is 38.3. The molecule has 0 unspecified atom stereocenters. The van der Waals surface area contributed by atoms with Crippen LogP contribution in [0.25, 0.3) is 0 Å². The van der Waals surface area contributed by atoms with Gasteiger partial charge in [0, 0.05) is 5.41 Å². The van der Waals surface area contributed by atoms with Gasteiger partial charge in [0.2, 0.25) is 0 Å². The minimum Gasteiger partial charge on any atom is -0.481 e. The van der Waals surface area contributed by atoms with E-state index in [2.05, 4.69) is 10.2 Å². The van der Waals surface area contributed by atoms with Gasteiger partial charge in [-0.25, -0.2) is 0 Å². The molecule has 4 bridgehead atoms. The van der Waals surface area contributed by atoms with Crippen molar-refractivity contribution in [1.82, 2.24) is 15.0 Å². The predicted octanol–water partition coefficient (Wildman–Crippen LogP) is 2.22. The maximum Gasteiger partial charge on any atom is 0.305 e. The summed E-state index contributed by atoms with van der Waals surface area (Å²) in [5, 5.41) is 17.6. The van der Waals surface area contributed by atoms with Crippen LogP contribution in [0, 0.1) is 17.8 Å². The lowest BCUT2D eigenvalue weighted by molar-refractivity contribution is -0.137. The third kappa shape index (κ3) is 1.95. The number of hydrogen-bond donors (Lipinski definition) is 1. The second kappa shape index (κ2) is 4.30. The first-order chi connectivity index (χ1) is 9.63. The van der Waals surface area contributed by atoms with Crippen molar-refractivity contribution in [2.24, 2.45) is 17.8 Å². The van der Waals surface area contributed by atoms with Crippen LogP contribution in [0.3, 0.4) is 0 Å². The lowest BCUT2D eigenvalue weighted by atomic mass is 9.49. The van der Waals surface area contributed by atoms with Crippen molar-refractivity contribution in [2.75, 3.05) is 0 Å². The topological polar surface area (TPSA) is 68.0 Å². The number of nitrogens with zero attached hydrogens (tertiary/aromatic N) is 3. The third-order valence-electron chi connectivity index (χ3n) is 5.64. The number of carboxylic acid groups (broad SMARTS) is 1. The van der Waals surface area contributed by atoms with Crippen molar-refractivity contribution in [1.29, 1.82) is 0 Å². The zero-order chi connectivity index (χ0) is 13.7. The van der Waals surface area contributed by atoms with Crippen LogP contribution in [0.2, 0.25) is 0 Å². The van der Waals surface area contributed by atoms with Crippen LogP contribution in [0.1, 0.15) is 50.6 Å². The number of aliphatic carboxylic acids is 1. The van der Waals surface area contributed by atoms with Gasteiger partial charge in [0.15, 0.2) is 0 Å². The van der Waals surface area contributed by atoms with Crippen molar-refractivity contribution >= 4 is 5.97 Å². The number of carbonyl (C=O) groups is 1. The van der Waals surface area contributed by atoms with E-state index in [9.17, 15) is 4.79 Å². The molecule has 0 atom stereocenters. The summed E-state index contributed by atoms with van der Waals surface area (Å²) in [4.78, 5) is 12.2. The molecule has 5 nitrogen and oxygen atoms in total. The van der Waals surface area contributed by atoms with Gasteiger partial charge in [-0.15, -0.1) is 0 Å². The number of carboxylic acids is 1. The molecule has 0 saturated heterocycles. The number of aromatic nitrogens is 3. The van der Waals surface area contributed by atoms with Crippen molar-refractivity contribution in [3.05, 3.63) is 11.9 Å². The van der Waals surface area contributed by atoms with Crippen LogP contribution < -0.4 is 0 Å². The zero-order valence-electron chi connectivity index (χ0n) is 11.7. The van der Waals surface area contributed by atoms with E-state index < -0.39 is 5.97 Å². The van der Waals surface area contributed by atoms with E-state index in [4.69, 9.17) is 5.11 Å². The molecule has 0 amide bonds. The van der Waals surface area contributed by atoms with Crippen LogP contribution >= 0.6 is 0 Å². The van der Waals surface area contributed by atoms with Crippen LogP contribution in [-0.2, 0) is 16.8 Å². The first kappa shape index (κ1) is 12.4. The van der Waals surface area contributed by atoms with Crippen LogP contribution in [0.4, 0.5) is 0 Å². The number of aryl methyl sites for hydroxylation is 1. The summed E-state index contributed by atoms with van der Waals surface area (Å²) in [7, 11) is 0. The third-order valence-corrected chi connectivity index (χ3v) is 5.64. The molecule has 1 aromatic rings. The Balaban J connectivity index is 1.56. The second-order valence-electron chi connectivity index (χ2n) is 7.17. The van der Waals surface area contributed by atoms with Gasteiger partial charge in [-0.3, -0.25) is 4.79 Å². The van der Waals surface area contributed by atoms with Gasteiger partial charge < -0.3 is 5.11 Å². The van der Waals surface area contributed by atoms with Gasteiger partial charge in [-0.1, -0.05) is 0 Å². The molecule has 108 valence electrons. The largest absolute Gasteiger partial charge is 0.481 e. The molecule has 4 aliphatic carbocycles. The highest BCUT2D eigenvalue weighted by atomic mass is 16.4. The van der Waals surface area contributed by atoms with Gasteiger partial charge >= 0.3 is 5.97 Å². The summed E-state index contributed by atoms with van der Waals surface area (Å²) in [6, 6.07) is 0. The molecule has 0 spiro atoms. The maximum atomic E-state index is 10.6. The average Bonchev–Trinajstić information content (AvgIpc) is 2.84. The maximum absolute atomic E-state index is 10.6. The van der Waals surface area contributed by atoms with Crippen LogP contribution in [0.5, 0.6) is 0 Å². The molecule has 5 heteroatoms. The molecule has 1 heterocycles. The SMILES string of the molecule is O=C(O)CCn1ncc(C23CC4CC(CC(C4)C2)C3)n1. The molecule has 1 N–H and O–H groups in total. The Morgan fingerprint density at radius 1 is 1.25 bits per heavy atom. The van der Waals surface area contributed by atoms with Gasteiger partial charge in [0.1, 0.15) is 0 Å². The molecule has 4 fully saturated rings. The van der Waals surface area contributed by atoms with E-state index in [1.54, 1.807) is 4.80 Å². The molecule has 0 aromatic carbocycles. The van der Waals surface area contributed by atoms with Crippen molar-refractivity contribution < 1.29 is 9.90 Å². The summed E-state index contributed by atoms with van der Waals surface area (Å²) < 4.78 is 0. The van der Waals surface area contributed by atoms with E-state index in [0.29, 0.717) is 6.54 Å². The summed E-state index contributed by atoms with van der Waals surface area (Å²) in [5.74, 6) is 1.89. The molecule has 1 aromatic heterocycles. The Kier molecular flexibility index (Phi) is 2.66. The van der Waals surface area contributed by atoms with Crippen molar-refractivity contribution in [3.63, 3.8) is 0 Å². The Hall–Kier alpha value is -1.39. The monoisotopic (exact) mass is 275 g/mol. The van der Waals surface area contributed by atoms with Gasteiger partial charge in [-0.2, -0.15) is 15.0 Å². The van der Waals surface area contributed by atoms with Gasteiger partial charge in [-0.05, 0) is 56.3 Å². The van der Waals surface area contributed by atoms with Gasteiger partial charge in [0.25, 0.3) is 0 Å². The summed E-state index contributed by atoms with van der Waals surface area (Å²) in [6.45, 7) is 0.377. The molecular weight excluding hydrogens is 254 g/mol. The molecule has 20 heavy (non-hydrogen) atoms. The standard InChI is InChI=1S/C15H21N3O2/c19-14(20)1-2-18-16-9-13(17-18)15-6-10-3-11(7-15)5-12(4-10)8-15/h9-12H,1-8H2,(H,19,20). The smallest absolute Gasteiger partial charge is 0.305 e. The fraction of sp³-hybridized carbons (Fsp3) is 0.800. The Morgan fingerprint density at radius 2 is 1.85 bits per heavy atom. The molecular formula is C15H21N3O2. The van der Waals surface area contributed by atoms with Crippen LogP contribution in [0.15, 0.2) is 6.20 Å². The lowest BCUT2D eigenvalue weighted by Crippen LogP contribution is -2.48. The summed E-state index contributed by atoms with van der Waals surface area (Å²) >= 11 is 0. The Bertz CT molecular complexity index is 502. The Morgan fingerprint density at radius 3 is 2.40 bits per heavy atom. The molecule has 5 rings (SSSR count). The van der Waals surface area contributed by atoms with Gasteiger partial charge in [0.05, 0.1) is 24.9 Å². The minimum absolute atomic E-state index is 0.0923. The quantitative estimate of drug-likeness (QED) is 0.915. The van der Waals surface area contributed by atoms with E-state index in [0.717, 1.165) is 23.4 Å². The number of rotatable bonds is 4. The van der Waals surface area contributed by atoms with E-state index in [-0.39, 0.29) is 11.8 Å². The highest BCUT2D eigenvalue weighted by Crippen LogP contribution is 2.60. The lowest BCUT2D eigenvalue weighted by Gasteiger charge is -2.56. The molecule has 0 radical (unpaired) electrons. The van der Waals surface area contributed by atoms with E-state index in [1.165, 1.54) is 38.5 Å². The summed E-state index contributed by atoms with van der Waals surface area (Å²) in [6.07, 6.45) is 10.1. The summed E-state index contributed by atoms with van der Waals surface area (Å²) in [5.41, 5.74) is 1.39. The average molecular weight is 275 g/mol. The highest BCUT2D eigenvalue weighted by molar-refractivity contribution is 5.66.